The molecule has 352 valence electrons. The highest BCUT2D eigenvalue weighted by Crippen LogP contribution is 2.10. The van der Waals surface area contributed by atoms with Gasteiger partial charge in [0.2, 0.25) is 0 Å². The summed E-state index contributed by atoms with van der Waals surface area (Å²) in [7, 11) is 5.91. The maximum absolute atomic E-state index is 12.8. The molecule has 0 saturated carbocycles. The van der Waals surface area contributed by atoms with E-state index in [4.69, 9.17) is 18.9 Å². The lowest BCUT2D eigenvalue weighted by Crippen LogP contribution is -2.40. The summed E-state index contributed by atoms with van der Waals surface area (Å²) in [5.41, 5.74) is 0. The van der Waals surface area contributed by atoms with Crippen LogP contribution in [0.2, 0.25) is 0 Å². The van der Waals surface area contributed by atoms with Gasteiger partial charge in [0.25, 0.3) is 6.29 Å². The van der Waals surface area contributed by atoms with Crippen molar-refractivity contribution in [3.63, 3.8) is 0 Å². The summed E-state index contributed by atoms with van der Waals surface area (Å²) in [4.78, 5) is 37.1. The van der Waals surface area contributed by atoms with E-state index in [1.807, 2.05) is 33.3 Å². The van der Waals surface area contributed by atoms with Crippen LogP contribution in [-0.2, 0) is 33.3 Å². The molecule has 0 heterocycles. The fourth-order valence-electron chi connectivity index (χ4n) is 5.38. The van der Waals surface area contributed by atoms with Crippen LogP contribution in [-0.4, -0.2) is 87.4 Å². The first-order valence-corrected chi connectivity index (χ1v) is 23.3. The van der Waals surface area contributed by atoms with Crippen molar-refractivity contribution in [3.05, 3.63) is 134 Å². The Hall–Kier alpha value is -4.57. The van der Waals surface area contributed by atoms with E-state index in [0.717, 1.165) is 89.9 Å². The fourth-order valence-corrected chi connectivity index (χ4v) is 5.38. The standard InChI is InChI=1S/C54H83NO8/c1-6-8-10-12-14-16-18-20-22-23-24-25-26-27-28-29-31-33-35-37-39-41-43-45-52(57)63-50(49-62-54(53(58)59)60-47-46-55(3,4)5)48-61-51(56)44-42-40-38-36-34-32-30-21-19-17-15-13-11-9-7-2/h8-11,14-17,20-22,24-25,27-28,30-31,33-34,36,40,42,50,54H,6-7,12-13,18-19,23,26,29,32,35,37-39,41,43-49H2,1-5H3/p+1/b10-8-,11-9-,16-14-,17-15-,22-20-,25-24-,28-27-,30-21-,33-31-,36-34-,42-40-. The molecule has 0 aromatic carbocycles. The maximum Gasteiger partial charge on any atom is 0.361 e. The van der Waals surface area contributed by atoms with E-state index in [0.29, 0.717) is 23.9 Å². The number of allylic oxidation sites excluding steroid dienone is 21. The van der Waals surface area contributed by atoms with Crippen molar-refractivity contribution >= 4 is 17.9 Å². The molecule has 2 atom stereocenters. The van der Waals surface area contributed by atoms with Gasteiger partial charge >= 0.3 is 17.9 Å². The SMILES string of the molecule is CC/C=C\C/C=C\C/C=C\C/C=C\C/C=C\C/C=C\CCCCCCC(=O)OC(COC(=O)C/C=C\C/C=C\C/C=C\C/C=C\C/C=C\CC)COC(OCC[N+](C)(C)C)C(=O)O. The number of rotatable bonds is 40. The van der Waals surface area contributed by atoms with Crippen LogP contribution in [0.3, 0.4) is 0 Å². The number of esters is 2. The topological polar surface area (TPSA) is 108 Å². The van der Waals surface area contributed by atoms with Crippen molar-refractivity contribution in [2.75, 3.05) is 47.5 Å². The predicted octanol–water partition coefficient (Wildman–Crippen LogP) is 12.8. The van der Waals surface area contributed by atoms with Crippen molar-refractivity contribution in [1.82, 2.24) is 0 Å². The third-order valence-electron chi connectivity index (χ3n) is 8.94. The lowest BCUT2D eigenvalue weighted by atomic mass is 10.1. The van der Waals surface area contributed by atoms with Crippen LogP contribution in [0.1, 0.15) is 129 Å². The Kier molecular flexibility index (Phi) is 40.9. The summed E-state index contributed by atoms with van der Waals surface area (Å²) >= 11 is 0. The van der Waals surface area contributed by atoms with Crippen LogP contribution < -0.4 is 0 Å². The van der Waals surface area contributed by atoms with E-state index in [1.54, 1.807) is 6.08 Å². The Bertz CT molecular complexity index is 1480. The van der Waals surface area contributed by atoms with Crippen molar-refractivity contribution in [2.45, 2.75) is 142 Å². The molecule has 0 aliphatic rings. The molecule has 9 heteroatoms. The number of aliphatic carboxylic acids is 1. The second-order valence-electron chi connectivity index (χ2n) is 16.0. The van der Waals surface area contributed by atoms with Crippen molar-refractivity contribution < 1.29 is 42.9 Å². The van der Waals surface area contributed by atoms with Crippen LogP contribution in [0.4, 0.5) is 0 Å². The number of unbranched alkanes of at least 4 members (excludes halogenated alkanes) is 4. The van der Waals surface area contributed by atoms with E-state index < -0.39 is 30.3 Å². The third kappa shape index (κ3) is 45.3. The Balaban J connectivity index is 4.59. The second-order valence-corrected chi connectivity index (χ2v) is 16.0. The first-order valence-electron chi connectivity index (χ1n) is 23.3. The molecule has 0 aliphatic carbocycles. The quantitative estimate of drug-likeness (QED) is 0.0213. The number of quaternary nitrogens is 1. The summed E-state index contributed by atoms with van der Waals surface area (Å²) in [6, 6.07) is 0. The first-order chi connectivity index (χ1) is 30.6. The molecule has 2 unspecified atom stereocenters. The minimum Gasteiger partial charge on any atom is -0.477 e. The summed E-state index contributed by atoms with van der Waals surface area (Å²) in [5, 5.41) is 9.64. The van der Waals surface area contributed by atoms with E-state index in [1.165, 1.54) is 0 Å². The van der Waals surface area contributed by atoms with Crippen LogP contribution in [0.15, 0.2) is 134 Å². The van der Waals surface area contributed by atoms with Gasteiger partial charge in [0.05, 0.1) is 40.8 Å². The number of carbonyl (C=O) groups excluding carboxylic acids is 2. The summed E-state index contributed by atoms with van der Waals surface area (Å²) in [6.45, 7) is 4.45. The molecule has 0 bridgehead atoms. The molecule has 0 amide bonds. The molecule has 9 nitrogen and oxygen atoms in total. The molecular weight excluding hydrogens is 791 g/mol. The van der Waals surface area contributed by atoms with Gasteiger partial charge in [0.15, 0.2) is 6.10 Å². The summed E-state index contributed by atoms with van der Waals surface area (Å²) < 4.78 is 22.6. The van der Waals surface area contributed by atoms with Gasteiger partial charge in [-0.15, -0.1) is 0 Å². The molecule has 0 aromatic heterocycles. The molecule has 0 saturated heterocycles. The van der Waals surface area contributed by atoms with Crippen LogP contribution in [0, 0.1) is 0 Å². The van der Waals surface area contributed by atoms with Gasteiger partial charge in [0.1, 0.15) is 13.2 Å². The maximum atomic E-state index is 12.8. The largest absolute Gasteiger partial charge is 0.477 e. The minimum absolute atomic E-state index is 0.0551. The Morgan fingerprint density at radius 2 is 0.905 bits per heavy atom. The van der Waals surface area contributed by atoms with Crippen molar-refractivity contribution in [3.8, 4) is 0 Å². The van der Waals surface area contributed by atoms with Gasteiger partial charge in [-0.25, -0.2) is 4.79 Å². The molecule has 0 spiro atoms. The van der Waals surface area contributed by atoms with Crippen LogP contribution in [0.25, 0.3) is 0 Å². The van der Waals surface area contributed by atoms with Gasteiger partial charge in [-0.1, -0.05) is 160 Å². The van der Waals surface area contributed by atoms with Crippen molar-refractivity contribution in [2.24, 2.45) is 0 Å². The van der Waals surface area contributed by atoms with Gasteiger partial charge in [-0.2, -0.15) is 0 Å². The lowest BCUT2D eigenvalue weighted by molar-refractivity contribution is -0.870. The number of ether oxygens (including phenoxy) is 4. The highest BCUT2D eigenvalue weighted by molar-refractivity contribution is 5.72. The fraction of sp³-hybridized carbons (Fsp3) is 0.537. The number of nitrogens with zero attached hydrogens (tertiary/aromatic N) is 1. The van der Waals surface area contributed by atoms with Gasteiger partial charge in [-0.05, 0) is 89.9 Å². The average molecular weight is 875 g/mol. The average Bonchev–Trinajstić information content (AvgIpc) is 3.24. The summed E-state index contributed by atoms with van der Waals surface area (Å²) in [5.74, 6) is -2.23. The second kappa shape index (κ2) is 44.1. The molecule has 0 fully saturated rings. The number of carboxylic acids is 1. The number of carbonyl (C=O) groups is 3. The molecule has 0 aliphatic heterocycles. The predicted molar refractivity (Wildman–Crippen MR) is 262 cm³/mol. The molecule has 1 N–H and O–H groups in total. The molecule has 0 radical (unpaired) electrons. The zero-order valence-corrected chi connectivity index (χ0v) is 39.7. The first kappa shape index (κ1) is 58.4. The highest BCUT2D eigenvalue weighted by Gasteiger charge is 2.25. The lowest BCUT2D eigenvalue weighted by Gasteiger charge is -2.25. The molecule has 0 rings (SSSR count). The molecular formula is C54H84NO8+. The van der Waals surface area contributed by atoms with Crippen LogP contribution in [0.5, 0.6) is 0 Å². The highest BCUT2D eigenvalue weighted by atomic mass is 16.7. The Morgan fingerprint density at radius 1 is 0.492 bits per heavy atom. The minimum atomic E-state index is -1.55. The smallest absolute Gasteiger partial charge is 0.361 e. The third-order valence-corrected chi connectivity index (χ3v) is 8.94. The normalized spacial score (nSPS) is 14.1. The van der Waals surface area contributed by atoms with E-state index >= 15 is 0 Å². The summed E-state index contributed by atoms with van der Waals surface area (Å²) in [6.07, 6.45) is 59.7. The van der Waals surface area contributed by atoms with Gasteiger partial charge < -0.3 is 28.5 Å². The van der Waals surface area contributed by atoms with Gasteiger partial charge in [0, 0.05) is 6.42 Å². The van der Waals surface area contributed by atoms with Crippen molar-refractivity contribution in [1.29, 1.82) is 0 Å². The molecule has 63 heavy (non-hydrogen) atoms. The van der Waals surface area contributed by atoms with E-state index in [2.05, 4.69) is 129 Å². The van der Waals surface area contributed by atoms with Gasteiger partial charge in [-0.3, -0.25) is 9.59 Å². The van der Waals surface area contributed by atoms with E-state index in [9.17, 15) is 19.5 Å². The Labute approximate surface area is 382 Å². The van der Waals surface area contributed by atoms with E-state index in [-0.39, 0.29) is 32.7 Å². The number of hydrogen-bond acceptors (Lipinski definition) is 7. The number of hydrogen-bond donors (Lipinski definition) is 1. The molecule has 0 aromatic rings. The Morgan fingerprint density at radius 3 is 1.33 bits per heavy atom. The zero-order valence-electron chi connectivity index (χ0n) is 39.7. The van der Waals surface area contributed by atoms with Crippen LogP contribution >= 0.6 is 0 Å². The zero-order chi connectivity index (χ0) is 46.3. The number of likely N-dealkylation sites (N-methyl/N-ethyl adjacent to an activating group) is 1. The number of carboxylic acid groups (broad SMARTS) is 1. The monoisotopic (exact) mass is 875 g/mol.